The summed E-state index contributed by atoms with van der Waals surface area (Å²) in [6.45, 7) is 3.82. The second-order valence-corrected chi connectivity index (χ2v) is 4.27. The highest BCUT2D eigenvalue weighted by Crippen LogP contribution is 2.01. The van der Waals surface area contributed by atoms with Crippen LogP contribution in [0.5, 0.6) is 0 Å². The van der Waals surface area contributed by atoms with Crippen molar-refractivity contribution in [3.8, 4) is 0 Å². The standard InChI is InChI=1S/C12H19N5/c1-10-8-12(17(3)15-10)9-13-6-4-11-5-7-14-16(11)2/h5,7-8,13H,4,6,9H2,1-3H3. The monoisotopic (exact) mass is 233 g/mol. The minimum absolute atomic E-state index is 0.856. The Morgan fingerprint density at radius 2 is 2.06 bits per heavy atom. The normalized spacial score (nSPS) is 11.0. The van der Waals surface area contributed by atoms with Crippen LogP contribution in [0, 0.1) is 6.92 Å². The molecule has 0 fully saturated rings. The first-order valence-corrected chi connectivity index (χ1v) is 5.84. The molecule has 2 aromatic rings. The van der Waals surface area contributed by atoms with Gasteiger partial charge in [0.1, 0.15) is 0 Å². The molecule has 0 aromatic carbocycles. The van der Waals surface area contributed by atoms with Crippen LogP contribution in [0.25, 0.3) is 0 Å². The molecule has 2 rings (SSSR count). The summed E-state index contributed by atoms with van der Waals surface area (Å²) in [6.07, 6.45) is 2.83. The van der Waals surface area contributed by atoms with Crippen molar-refractivity contribution in [3.63, 3.8) is 0 Å². The molecule has 5 heteroatoms. The van der Waals surface area contributed by atoms with E-state index >= 15 is 0 Å². The number of hydrogen-bond acceptors (Lipinski definition) is 3. The van der Waals surface area contributed by atoms with Crippen molar-refractivity contribution in [1.82, 2.24) is 24.9 Å². The Bertz CT molecular complexity index is 483. The summed E-state index contributed by atoms with van der Waals surface area (Å²) >= 11 is 0. The molecule has 2 aromatic heterocycles. The Kier molecular flexibility index (Phi) is 3.58. The highest BCUT2D eigenvalue weighted by Gasteiger charge is 2.02. The average molecular weight is 233 g/mol. The van der Waals surface area contributed by atoms with Gasteiger partial charge in [-0.3, -0.25) is 9.36 Å². The van der Waals surface area contributed by atoms with E-state index in [9.17, 15) is 0 Å². The molecule has 0 saturated carbocycles. The van der Waals surface area contributed by atoms with Gasteiger partial charge in [0.2, 0.25) is 0 Å². The lowest BCUT2D eigenvalue weighted by atomic mass is 10.3. The zero-order chi connectivity index (χ0) is 12.3. The van der Waals surface area contributed by atoms with Crippen molar-refractivity contribution in [2.24, 2.45) is 14.1 Å². The van der Waals surface area contributed by atoms with Crippen LogP contribution in [-0.2, 0) is 27.1 Å². The van der Waals surface area contributed by atoms with E-state index in [4.69, 9.17) is 0 Å². The van der Waals surface area contributed by atoms with Crippen LogP contribution in [0.15, 0.2) is 18.3 Å². The fraction of sp³-hybridized carbons (Fsp3) is 0.500. The highest BCUT2D eigenvalue weighted by atomic mass is 15.3. The molecule has 0 unspecified atom stereocenters. The summed E-state index contributed by atoms with van der Waals surface area (Å²) in [4.78, 5) is 0. The Morgan fingerprint density at radius 3 is 2.65 bits per heavy atom. The summed E-state index contributed by atoms with van der Waals surface area (Å²) in [6, 6.07) is 4.16. The maximum Gasteiger partial charge on any atom is 0.0597 e. The zero-order valence-electron chi connectivity index (χ0n) is 10.6. The molecule has 2 heterocycles. The first-order valence-electron chi connectivity index (χ1n) is 5.84. The van der Waals surface area contributed by atoms with E-state index in [0.717, 1.165) is 25.2 Å². The molecular weight excluding hydrogens is 214 g/mol. The number of rotatable bonds is 5. The number of aromatic nitrogens is 4. The number of nitrogens with one attached hydrogen (secondary N) is 1. The van der Waals surface area contributed by atoms with Gasteiger partial charge in [-0.25, -0.2) is 0 Å². The summed E-state index contributed by atoms with van der Waals surface area (Å²) in [5.41, 5.74) is 3.53. The van der Waals surface area contributed by atoms with Crippen LogP contribution < -0.4 is 5.32 Å². The number of hydrogen-bond donors (Lipinski definition) is 1. The molecule has 0 spiro atoms. The van der Waals surface area contributed by atoms with Gasteiger partial charge in [0.05, 0.1) is 11.4 Å². The molecule has 0 aliphatic rings. The van der Waals surface area contributed by atoms with Gasteiger partial charge >= 0.3 is 0 Å². The topological polar surface area (TPSA) is 47.7 Å². The van der Waals surface area contributed by atoms with Gasteiger partial charge in [-0.2, -0.15) is 10.2 Å². The smallest absolute Gasteiger partial charge is 0.0597 e. The molecule has 0 atom stereocenters. The van der Waals surface area contributed by atoms with E-state index in [2.05, 4.69) is 27.6 Å². The lowest BCUT2D eigenvalue weighted by molar-refractivity contribution is 0.608. The molecule has 5 nitrogen and oxygen atoms in total. The first-order chi connectivity index (χ1) is 8.16. The Balaban J connectivity index is 1.77. The molecule has 0 bridgehead atoms. The number of aryl methyl sites for hydroxylation is 3. The lowest BCUT2D eigenvalue weighted by Crippen LogP contribution is -2.19. The van der Waals surface area contributed by atoms with E-state index in [1.165, 1.54) is 11.4 Å². The molecule has 0 aliphatic carbocycles. The molecule has 0 aliphatic heterocycles. The summed E-state index contributed by atoms with van der Waals surface area (Å²) in [7, 11) is 3.95. The van der Waals surface area contributed by atoms with Gasteiger partial charge in [-0.15, -0.1) is 0 Å². The van der Waals surface area contributed by atoms with Crippen LogP contribution in [0.2, 0.25) is 0 Å². The minimum Gasteiger partial charge on any atom is -0.311 e. The first kappa shape index (κ1) is 11.9. The molecule has 17 heavy (non-hydrogen) atoms. The van der Waals surface area contributed by atoms with Crippen LogP contribution in [0.1, 0.15) is 17.1 Å². The molecular formula is C12H19N5. The Labute approximate surface area is 101 Å². The molecule has 0 radical (unpaired) electrons. The van der Waals surface area contributed by atoms with Gasteiger partial charge in [-0.1, -0.05) is 0 Å². The molecule has 1 N–H and O–H groups in total. The molecule has 0 amide bonds. The van der Waals surface area contributed by atoms with Gasteiger partial charge in [0.15, 0.2) is 0 Å². The minimum atomic E-state index is 0.856. The van der Waals surface area contributed by atoms with E-state index in [0.29, 0.717) is 0 Å². The lowest BCUT2D eigenvalue weighted by Gasteiger charge is -2.05. The molecule has 0 saturated heterocycles. The zero-order valence-corrected chi connectivity index (χ0v) is 10.6. The maximum atomic E-state index is 4.32. The van der Waals surface area contributed by atoms with Gasteiger partial charge in [0, 0.05) is 45.5 Å². The maximum absolute atomic E-state index is 4.32. The van der Waals surface area contributed by atoms with Crippen molar-refractivity contribution in [2.75, 3.05) is 6.54 Å². The second-order valence-electron chi connectivity index (χ2n) is 4.27. The molecule has 92 valence electrons. The average Bonchev–Trinajstić information content (AvgIpc) is 2.81. The highest BCUT2D eigenvalue weighted by molar-refractivity contribution is 5.08. The van der Waals surface area contributed by atoms with Crippen LogP contribution in [0.4, 0.5) is 0 Å². The van der Waals surface area contributed by atoms with Crippen molar-refractivity contribution in [2.45, 2.75) is 19.9 Å². The SMILES string of the molecule is Cc1cc(CNCCc2ccnn2C)n(C)n1. The van der Waals surface area contributed by atoms with Crippen molar-refractivity contribution < 1.29 is 0 Å². The largest absolute Gasteiger partial charge is 0.311 e. The second kappa shape index (κ2) is 5.14. The van der Waals surface area contributed by atoms with Crippen LogP contribution in [-0.4, -0.2) is 26.1 Å². The summed E-state index contributed by atoms with van der Waals surface area (Å²) in [5.74, 6) is 0. The Morgan fingerprint density at radius 1 is 1.24 bits per heavy atom. The van der Waals surface area contributed by atoms with Gasteiger partial charge in [0.25, 0.3) is 0 Å². The van der Waals surface area contributed by atoms with Crippen LogP contribution in [0.3, 0.4) is 0 Å². The predicted octanol–water partition coefficient (Wildman–Crippen LogP) is 0.794. The van der Waals surface area contributed by atoms with Crippen molar-refractivity contribution >= 4 is 0 Å². The van der Waals surface area contributed by atoms with E-state index in [1.54, 1.807) is 0 Å². The fourth-order valence-electron chi connectivity index (χ4n) is 1.91. The quantitative estimate of drug-likeness (QED) is 0.777. The predicted molar refractivity (Wildman–Crippen MR) is 66.6 cm³/mol. The van der Waals surface area contributed by atoms with Crippen molar-refractivity contribution in [3.05, 3.63) is 35.4 Å². The fourth-order valence-corrected chi connectivity index (χ4v) is 1.91. The van der Waals surface area contributed by atoms with E-state index < -0.39 is 0 Å². The third-order valence-corrected chi connectivity index (χ3v) is 2.89. The summed E-state index contributed by atoms with van der Waals surface area (Å²) < 4.78 is 3.84. The third kappa shape index (κ3) is 2.94. The van der Waals surface area contributed by atoms with Crippen LogP contribution >= 0.6 is 0 Å². The third-order valence-electron chi connectivity index (χ3n) is 2.89. The van der Waals surface area contributed by atoms with Gasteiger partial charge < -0.3 is 5.32 Å². The van der Waals surface area contributed by atoms with E-state index in [1.807, 2.05) is 36.6 Å². The van der Waals surface area contributed by atoms with E-state index in [-0.39, 0.29) is 0 Å². The van der Waals surface area contributed by atoms with Crippen molar-refractivity contribution in [1.29, 1.82) is 0 Å². The number of nitrogens with zero attached hydrogens (tertiary/aromatic N) is 4. The van der Waals surface area contributed by atoms with Gasteiger partial charge in [-0.05, 0) is 19.1 Å². The Hall–Kier alpha value is -1.62. The summed E-state index contributed by atoms with van der Waals surface area (Å²) in [5, 5.41) is 11.9.